The highest BCUT2D eigenvalue weighted by molar-refractivity contribution is 5.94. The van der Waals surface area contributed by atoms with Gasteiger partial charge in [-0.05, 0) is 53.0 Å². The van der Waals surface area contributed by atoms with Gasteiger partial charge in [-0.15, -0.1) is 0 Å². The topological polar surface area (TPSA) is 66.8 Å². The first-order valence-corrected chi connectivity index (χ1v) is 6.61. The van der Waals surface area contributed by atoms with Gasteiger partial charge in [0.25, 0.3) is 0 Å². The molecule has 0 unspecified atom stereocenters. The second-order valence-electron chi connectivity index (χ2n) is 6.14. The van der Waals surface area contributed by atoms with Gasteiger partial charge in [0.2, 0.25) is 0 Å². The maximum absolute atomic E-state index is 11.9. The van der Waals surface area contributed by atoms with E-state index >= 15 is 0 Å². The SMILES string of the molecule is CC1=CC(=O)[C@H]([C@@](C)(O)C/C=C/C(C)(C)OO)CC1. The van der Waals surface area contributed by atoms with Gasteiger partial charge in [-0.1, -0.05) is 17.7 Å². The fraction of sp³-hybridized carbons (Fsp3) is 0.667. The first-order valence-electron chi connectivity index (χ1n) is 6.61. The number of ketones is 1. The molecule has 0 saturated carbocycles. The lowest BCUT2D eigenvalue weighted by Crippen LogP contribution is -2.40. The molecule has 1 aliphatic carbocycles. The van der Waals surface area contributed by atoms with E-state index in [1.165, 1.54) is 0 Å². The van der Waals surface area contributed by atoms with Gasteiger partial charge in [0.1, 0.15) is 5.60 Å². The summed E-state index contributed by atoms with van der Waals surface area (Å²) in [6.45, 7) is 7.02. The van der Waals surface area contributed by atoms with Crippen LogP contribution < -0.4 is 0 Å². The molecule has 0 spiro atoms. The predicted octanol–water partition coefficient (Wildman–Crippen LogP) is 2.88. The molecule has 19 heavy (non-hydrogen) atoms. The predicted molar refractivity (Wildman–Crippen MR) is 73.7 cm³/mol. The summed E-state index contributed by atoms with van der Waals surface area (Å²) < 4.78 is 0. The summed E-state index contributed by atoms with van der Waals surface area (Å²) in [7, 11) is 0. The van der Waals surface area contributed by atoms with Crippen LogP contribution in [0.2, 0.25) is 0 Å². The summed E-state index contributed by atoms with van der Waals surface area (Å²) in [4.78, 5) is 16.2. The number of allylic oxidation sites excluding steroid dienone is 2. The molecule has 108 valence electrons. The lowest BCUT2D eigenvalue weighted by atomic mass is 9.76. The smallest absolute Gasteiger partial charge is 0.161 e. The Kier molecular flexibility index (Phi) is 5.07. The number of carbonyl (C=O) groups is 1. The third-order valence-electron chi connectivity index (χ3n) is 3.60. The van der Waals surface area contributed by atoms with Crippen LogP contribution in [0.3, 0.4) is 0 Å². The molecular formula is C15H24O4. The van der Waals surface area contributed by atoms with Crippen LogP contribution >= 0.6 is 0 Å². The number of hydrogen-bond acceptors (Lipinski definition) is 4. The van der Waals surface area contributed by atoms with Crippen LogP contribution in [0.5, 0.6) is 0 Å². The van der Waals surface area contributed by atoms with Gasteiger partial charge in [0.05, 0.1) is 11.5 Å². The molecule has 0 radical (unpaired) electrons. The summed E-state index contributed by atoms with van der Waals surface area (Å²) in [6, 6.07) is 0. The third-order valence-corrected chi connectivity index (χ3v) is 3.60. The molecule has 4 nitrogen and oxygen atoms in total. The zero-order valence-electron chi connectivity index (χ0n) is 12.1. The van der Waals surface area contributed by atoms with Crippen LogP contribution in [0.25, 0.3) is 0 Å². The van der Waals surface area contributed by atoms with Crippen molar-refractivity contribution >= 4 is 5.78 Å². The van der Waals surface area contributed by atoms with E-state index in [0.29, 0.717) is 12.8 Å². The van der Waals surface area contributed by atoms with Crippen LogP contribution in [0.1, 0.15) is 47.0 Å². The molecule has 0 bridgehead atoms. The van der Waals surface area contributed by atoms with Crippen molar-refractivity contribution in [2.45, 2.75) is 58.2 Å². The molecular weight excluding hydrogens is 244 g/mol. The van der Waals surface area contributed by atoms with Crippen LogP contribution in [0.4, 0.5) is 0 Å². The van der Waals surface area contributed by atoms with Crippen molar-refractivity contribution in [1.82, 2.24) is 0 Å². The van der Waals surface area contributed by atoms with Gasteiger partial charge < -0.3 is 5.11 Å². The average Bonchev–Trinajstić information content (AvgIpc) is 2.27. The monoisotopic (exact) mass is 268 g/mol. The van der Waals surface area contributed by atoms with Crippen LogP contribution in [0.15, 0.2) is 23.8 Å². The quantitative estimate of drug-likeness (QED) is 0.457. The van der Waals surface area contributed by atoms with Crippen LogP contribution in [-0.4, -0.2) is 27.3 Å². The van der Waals surface area contributed by atoms with Crippen LogP contribution in [0, 0.1) is 5.92 Å². The fourth-order valence-corrected chi connectivity index (χ4v) is 2.30. The fourth-order valence-electron chi connectivity index (χ4n) is 2.30. The Balaban J connectivity index is 2.69. The van der Waals surface area contributed by atoms with Crippen LogP contribution in [-0.2, 0) is 9.68 Å². The zero-order valence-corrected chi connectivity index (χ0v) is 12.1. The van der Waals surface area contributed by atoms with Crippen molar-refractivity contribution in [2.75, 3.05) is 0 Å². The van der Waals surface area contributed by atoms with E-state index in [-0.39, 0.29) is 11.7 Å². The van der Waals surface area contributed by atoms with Crippen molar-refractivity contribution < 1.29 is 20.0 Å². The standard InChI is InChI=1S/C15H24O4/c1-11-6-7-12(13(16)10-11)15(4,17)9-5-8-14(2,3)19-18/h5,8,10,12,17-18H,6-7,9H2,1-4H3/b8-5+/t12-,15+/m1/s1. The number of carbonyl (C=O) groups excluding carboxylic acids is 1. The van der Waals surface area contributed by atoms with Gasteiger partial charge in [-0.3, -0.25) is 10.1 Å². The van der Waals surface area contributed by atoms with Crippen molar-refractivity contribution in [2.24, 2.45) is 5.92 Å². The van der Waals surface area contributed by atoms with E-state index in [0.717, 1.165) is 12.0 Å². The number of hydrogen-bond donors (Lipinski definition) is 2. The maximum Gasteiger partial charge on any atom is 0.161 e. The van der Waals surface area contributed by atoms with Gasteiger partial charge in [0, 0.05) is 0 Å². The Bertz CT molecular complexity index is 391. The Hall–Kier alpha value is -0.970. The highest BCUT2D eigenvalue weighted by atomic mass is 17.1. The van der Waals surface area contributed by atoms with E-state index < -0.39 is 11.2 Å². The molecule has 1 aliphatic rings. The molecule has 0 aromatic rings. The first kappa shape index (κ1) is 16.1. The van der Waals surface area contributed by atoms with E-state index in [1.807, 2.05) is 6.92 Å². The first-order chi connectivity index (χ1) is 8.68. The molecule has 2 N–H and O–H groups in total. The maximum atomic E-state index is 11.9. The van der Waals surface area contributed by atoms with Crippen molar-refractivity contribution in [3.8, 4) is 0 Å². The molecule has 0 aromatic heterocycles. The van der Waals surface area contributed by atoms with Gasteiger partial charge >= 0.3 is 0 Å². The second kappa shape index (κ2) is 5.99. The van der Waals surface area contributed by atoms with E-state index in [4.69, 9.17) is 5.26 Å². The van der Waals surface area contributed by atoms with Crippen molar-refractivity contribution in [3.63, 3.8) is 0 Å². The summed E-state index contributed by atoms with van der Waals surface area (Å²) >= 11 is 0. The van der Waals surface area contributed by atoms with E-state index in [1.54, 1.807) is 39.0 Å². The molecule has 0 aliphatic heterocycles. The minimum atomic E-state index is -1.07. The molecule has 0 saturated heterocycles. The van der Waals surface area contributed by atoms with Gasteiger partial charge in [-0.25, -0.2) is 4.89 Å². The second-order valence-corrected chi connectivity index (χ2v) is 6.14. The molecule has 0 fully saturated rings. The Morgan fingerprint density at radius 1 is 1.47 bits per heavy atom. The lowest BCUT2D eigenvalue weighted by Gasteiger charge is -2.33. The van der Waals surface area contributed by atoms with Crippen molar-refractivity contribution in [3.05, 3.63) is 23.8 Å². The van der Waals surface area contributed by atoms with E-state index in [9.17, 15) is 9.90 Å². The average molecular weight is 268 g/mol. The minimum absolute atomic E-state index is 0.000168. The minimum Gasteiger partial charge on any atom is -0.389 e. The Labute approximate surface area is 114 Å². The lowest BCUT2D eigenvalue weighted by molar-refractivity contribution is -0.297. The largest absolute Gasteiger partial charge is 0.389 e. The molecule has 0 heterocycles. The molecule has 0 aromatic carbocycles. The summed E-state index contributed by atoms with van der Waals surface area (Å²) in [5.74, 6) is -0.362. The highest BCUT2D eigenvalue weighted by Crippen LogP contribution is 2.32. The van der Waals surface area contributed by atoms with Gasteiger partial charge in [-0.2, -0.15) is 0 Å². The third kappa shape index (κ3) is 4.56. The summed E-state index contributed by atoms with van der Waals surface area (Å²) in [6.07, 6.45) is 6.93. The normalized spacial score (nSPS) is 24.4. The summed E-state index contributed by atoms with van der Waals surface area (Å²) in [5.41, 5.74) is -0.790. The summed E-state index contributed by atoms with van der Waals surface area (Å²) in [5, 5.41) is 19.1. The molecule has 2 atom stereocenters. The molecule has 1 rings (SSSR count). The Morgan fingerprint density at radius 3 is 2.63 bits per heavy atom. The number of rotatable bonds is 5. The zero-order chi connectivity index (χ0) is 14.7. The number of aliphatic hydroxyl groups is 1. The van der Waals surface area contributed by atoms with Crippen molar-refractivity contribution in [1.29, 1.82) is 0 Å². The molecule has 4 heteroatoms. The molecule has 0 amide bonds. The van der Waals surface area contributed by atoms with E-state index in [2.05, 4.69) is 4.89 Å². The van der Waals surface area contributed by atoms with Gasteiger partial charge in [0.15, 0.2) is 5.78 Å². The highest BCUT2D eigenvalue weighted by Gasteiger charge is 2.36. The Morgan fingerprint density at radius 2 is 2.11 bits per heavy atom.